The number of nitrogens with zero attached hydrogens (tertiary/aromatic N) is 2. The summed E-state index contributed by atoms with van der Waals surface area (Å²) in [6, 6.07) is 9.98. The monoisotopic (exact) mass is 371 g/mol. The zero-order valence-corrected chi connectivity index (χ0v) is 15.7. The van der Waals surface area contributed by atoms with E-state index in [1.54, 1.807) is 36.5 Å². The zero-order valence-electron chi connectivity index (χ0n) is 14.9. The lowest BCUT2D eigenvalue weighted by molar-refractivity contribution is 0.0935. The summed E-state index contributed by atoms with van der Waals surface area (Å²) in [5, 5.41) is 3.01. The molecular formula is C19H21N3O3S. The molecule has 2 heterocycles. The van der Waals surface area contributed by atoms with E-state index < -0.39 is 9.84 Å². The molecule has 7 heteroatoms. The van der Waals surface area contributed by atoms with Gasteiger partial charge in [-0.3, -0.25) is 4.79 Å². The van der Waals surface area contributed by atoms with Crippen LogP contribution in [0.1, 0.15) is 41.0 Å². The van der Waals surface area contributed by atoms with Crippen molar-refractivity contribution < 1.29 is 13.2 Å². The van der Waals surface area contributed by atoms with Crippen LogP contribution >= 0.6 is 0 Å². The van der Waals surface area contributed by atoms with Crippen LogP contribution < -0.4 is 5.32 Å². The van der Waals surface area contributed by atoms with Crippen LogP contribution in [-0.2, 0) is 9.84 Å². The van der Waals surface area contributed by atoms with Gasteiger partial charge in [-0.2, -0.15) is 0 Å². The minimum atomic E-state index is -3.23. The number of nitrogens with one attached hydrogen (secondary N) is 1. The lowest BCUT2D eigenvalue weighted by atomic mass is 10.0. The summed E-state index contributed by atoms with van der Waals surface area (Å²) in [4.78, 5) is 17.2. The molecule has 0 spiro atoms. The number of imidazole rings is 1. The second-order valence-corrected chi connectivity index (χ2v) is 8.36. The molecule has 0 fully saturated rings. The molecule has 0 aliphatic rings. The number of sulfone groups is 1. The van der Waals surface area contributed by atoms with E-state index in [9.17, 15) is 13.2 Å². The topological polar surface area (TPSA) is 80.5 Å². The van der Waals surface area contributed by atoms with Crippen molar-refractivity contribution in [3.8, 4) is 0 Å². The average Bonchev–Trinajstić information content (AvgIpc) is 2.98. The maximum atomic E-state index is 12.6. The summed E-state index contributed by atoms with van der Waals surface area (Å²) < 4.78 is 25.0. The summed E-state index contributed by atoms with van der Waals surface area (Å²) in [7, 11) is -3.23. The minimum absolute atomic E-state index is 0.183. The Morgan fingerprint density at radius 1 is 1.15 bits per heavy atom. The van der Waals surface area contributed by atoms with Crippen molar-refractivity contribution in [3.05, 3.63) is 65.6 Å². The van der Waals surface area contributed by atoms with Gasteiger partial charge in [-0.15, -0.1) is 0 Å². The van der Waals surface area contributed by atoms with Crippen LogP contribution in [0.4, 0.5) is 0 Å². The number of fused-ring (bicyclic) bond motifs is 1. The molecule has 136 valence electrons. The number of hydrogen-bond acceptors (Lipinski definition) is 4. The Morgan fingerprint density at radius 2 is 1.85 bits per heavy atom. The molecule has 1 atom stereocenters. The highest BCUT2D eigenvalue weighted by Gasteiger charge is 2.16. The molecule has 1 amide bonds. The van der Waals surface area contributed by atoms with Gasteiger partial charge in [-0.05, 0) is 43.2 Å². The molecule has 26 heavy (non-hydrogen) atoms. The van der Waals surface area contributed by atoms with Crippen LogP contribution in [0.25, 0.3) is 5.65 Å². The molecule has 2 aromatic heterocycles. The Balaban J connectivity index is 1.81. The van der Waals surface area contributed by atoms with Crippen molar-refractivity contribution in [2.24, 2.45) is 0 Å². The van der Waals surface area contributed by atoms with Crippen molar-refractivity contribution in [2.45, 2.75) is 31.2 Å². The molecule has 0 saturated carbocycles. The van der Waals surface area contributed by atoms with Gasteiger partial charge in [0, 0.05) is 18.6 Å². The van der Waals surface area contributed by atoms with E-state index >= 15 is 0 Å². The van der Waals surface area contributed by atoms with Crippen LogP contribution in [0.2, 0.25) is 0 Å². The van der Waals surface area contributed by atoms with E-state index in [2.05, 4.69) is 10.3 Å². The van der Waals surface area contributed by atoms with Crippen molar-refractivity contribution in [1.29, 1.82) is 0 Å². The quantitative estimate of drug-likeness (QED) is 0.748. The van der Waals surface area contributed by atoms with Gasteiger partial charge in [0.05, 0.1) is 22.2 Å². The fraction of sp³-hybridized carbons (Fsp3) is 0.263. The van der Waals surface area contributed by atoms with Gasteiger partial charge in [0.15, 0.2) is 9.84 Å². The highest BCUT2D eigenvalue weighted by atomic mass is 32.2. The summed E-state index contributed by atoms with van der Waals surface area (Å²) in [6.45, 7) is 3.87. The van der Waals surface area contributed by atoms with Gasteiger partial charge in [-0.1, -0.05) is 19.1 Å². The molecule has 0 aliphatic heterocycles. The first-order valence-electron chi connectivity index (χ1n) is 8.34. The largest absolute Gasteiger partial charge is 0.345 e. The number of carbonyl (C=O) groups is 1. The lowest BCUT2D eigenvalue weighted by Crippen LogP contribution is -2.28. The van der Waals surface area contributed by atoms with Gasteiger partial charge in [-0.25, -0.2) is 13.4 Å². The number of hydrogen-bond donors (Lipinski definition) is 1. The fourth-order valence-electron chi connectivity index (χ4n) is 2.86. The molecule has 3 rings (SSSR count). The Labute approximate surface area is 152 Å². The second kappa shape index (κ2) is 6.92. The number of benzene rings is 1. The lowest BCUT2D eigenvalue weighted by Gasteiger charge is -2.18. The molecule has 0 radical (unpaired) electrons. The molecule has 0 saturated heterocycles. The van der Waals surface area contributed by atoms with Crippen LogP contribution in [0.15, 0.2) is 53.7 Å². The van der Waals surface area contributed by atoms with Gasteiger partial charge >= 0.3 is 0 Å². The van der Waals surface area contributed by atoms with Gasteiger partial charge in [0.2, 0.25) is 0 Å². The molecule has 6 nitrogen and oxygen atoms in total. The maximum Gasteiger partial charge on any atom is 0.253 e. The van der Waals surface area contributed by atoms with E-state index in [1.807, 2.05) is 30.5 Å². The first kappa shape index (κ1) is 18.1. The van der Waals surface area contributed by atoms with Gasteiger partial charge < -0.3 is 9.72 Å². The summed E-state index contributed by atoms with van der Waals surface area (Å²) in [6.07, 6.45) is 5.49. The fourth-order valence-corrected chi connectivity index (χ4v) is 3.49. The number of aromatic nitrogens is 2. The van der Waals surface area contributed by atoms with Crippen LogP contribution in [0, 0.1) is 6.92 Å². The predicted molar refractivity (Wildman–Crippen MR) is 100.0 cm³/mol. The molecule has 3 aromatic rings. The third kappa shape index (κ3) is 3.77. The van der Waals surface area contributed by atoms with E-state index in [-0.39, 0.29) is 16.8 Å². The zero-order chi connectivity index (χ0) is 18.9. The summed E-state index contributed by atoms with van der Waals surface area (Å²) in [5.74, 6) is -0.183. The van der Waals surface area contributed by atoms with Crippen molar-refractivity contribution in [3.63, 3.8) is 0 Å². The second-order valence-electron chi connectivity index (χ2n) is 6.34. The maximum absolute atomic E-state index is 12.6. The third-order valence-corrected chi connectivity index (χ3v) is 5.39. The van der Waals surface area contributed by atoms with Crippen LogP contribution in [0.5, 0.6) is 0 Å². The SMILES string of the molecule is CC[C@H](NC(=O)c1ccc2nc(C)cn2c1)c1ccc(S(C)(=O)=O)cc1. The van der Waals surface area contributed by atoms with Crippen molar-refractivity contribution in [1.82, 2.24) is 14.7 Å². The normalized spacial score (nSPS) is 12.9. The third-order valence-electron chi connectivity index (χ3n) is 4.26. The van der Waals surface area contributed by atoms with Crippen molar-refractivity contribution in [2.75, 3.05) is 6.26 Å². The number of rotatable bonds is 5. The summed E-state index contributed by atoms with van der Waals surface area (Å²) >= 11 is 0. The standard InChI is InChI=1S/C19H21N3O3S/c1-4-17(14-5-8-16(9-6-14)26(3,24)25)21-19(23)15-7-10-18-20-13(2)11-22(18)12-15/h5-12,17H,4H2,1-3H3,(H,21,23)/t17-/m0/s1. The Bertz CT molecular complexity index is 1050. The molecule has 0 unspecified atom stereocenters. The predicted octanol–water partition coefficient (Wildman–Crippen LogP) is 2.93. The van der Waals surface area contributed by atoms with E-state index in [0.717, 1.165) is 16.9 Å². The van der Waals surface area contributed by atoms with E-state index in [0.29, 0.717) is 12.0 Å². The average molecular weight is 371 g/mol. The van der Waals surface area contributed by atoms with Gasteiger partial charge in [0.1, 0.15) is 5.65 Å². The number of aryl methyl sites for hydroxylation is 1. The minimum Gasteiger partial charge on any atom is -0.345 e. The van der Waals surface area contributed by atoms with E-state index in [4.69, 9.17) is 0 Å². The highest BCUT2D eigenvalue weighted by molar-refractivity contribution is 7.90. The first-order chi connectivity index (χ1) is 12.3. The Morgan fingerprint density at radius 3 is 2.46 bits per heavy atom. The highest BCUT2D eigenvalue weighted by Crippen LogP contribution is 2.20. The summed E-state index contributed by atoms with van der Waals surface area (Å²) in [5.41, 5.74) is 3.09. The van der Waals surface area contributed by atoms with E-state index in [1.165, 1.54) is 6.26 Å². The number of pyridine rings is 1. The molecule has 1 N–H and O–H groups in total. The smallest absolute Gasteiger partial charge is 0.253 e. The molecule has 0 aliphatic carbocycles. The Hall–Kier alpha value is -2.67. The first-order valence-corrected chi connectivity index (χ1v) is 10.2. The molecule has 0 bridgehead atoms. The van der Waals surface area contributed by atoms with Crippen LogP contribution in [-0.4, -0.2) is 30.0 Å². The molecule has 1 aromatic carbocycles. The van der Waals surface area contributed by atoms with Crippen LogP contribution in [0.3, 0.4) is 0 Å². The number of carbonyl (C=O) groups excluding carboxylic acids is 1. The van der Waals surface area contributed by atoms with Crippen molar-refractivity contribution >= 4 is 21.4 Å². The Kier molecular flexibility index (Phi) is 4.82. The number of amides is 1. The van der Waals surface area contributed by atoms with Gasteiger partial charge in [0.25, 0.3) is 5.91 Å². The molecular weight excluding hydrogens is 350 g/mol.